The smallest absolute Gasteiger partial charge is 0.317 e. The van der Waals surface area contributed by atoms with Crippen LogP contribution in [0.2, 0.25) is 0 Å². The summed E-state index contributed by atoms with van der Waals surface area (Å²) in [6.45, 7) is -0.635. The van der Waals surface area contributed by atoms with Gasteiger partial charge in [-0.25, -0.2) is 13.6 Å². The van der Waals surface area contributed by atoms with Crippen LogP contribution in [0.4, 0.5) is 13.6 Å². The number of carboxylic acids is 1. The van der Waals surface area contributed by atoms with Crippen LogP contribution in [0.15, 0.2) is 0 Å². The van der Waals surface area contributed by atoms with Crippen LogP contribution in [0.1, 0.15) is 19.3 Å². The minimum atomic E-state index is -2.59. The van der Waals surface area contributed by atoms with Gasteiger partial charge >= 0.3 is 12.0 Å². The van der Waals surface area contributed by atoms with E-state index in [9.17, 15) is 18.4 Å². The number of rotatable bonds is 6. The fraction of sp³-hybridized carbons (Fsp3) is 0.778. The van der Waals surface area contributed by atoms with E-state index in [2.05, 4.69) is 5.32 Å². The second kappa shape index (κ2) is 5.62. The molecular weight excluding hydrogens is 222 g/mol. The first-order valence-electron chi connectivity index (χ1n) is 5.05. The second-order valence-corrected chi connectivity index (χ2v) is 3.65. The number of carbonyl (C=O) groups excluding carboxylic acids is 1. The summed E-state index contributed by atoms with van der Waals surface area (Å²) in [5.41, 5.74) is 0. The van der Waals surface area contributed by atoms with Crippen LogP contribution in [-0.4, -0.2) is 47.6 Å². The molecular formula is C9H14F2N2O3. The molecule has 7 heteroatoms. The molecule has 0 unspecified atom stereocenters. The van der Waals surface area contributed by atoms with Gasteiger partial charge in [0.15, 0.2) is 0 Å². The van der Waals surface area contributed by atoms with Gasteiger partial charge in [0, 0.05) is 12.6 Å². The number of nitrogens with zero attached hydrogens (tertiary/aromatic N) is 1. The van der Waals surface area contributed by atoms with E-state index < -0.39 is 25.0 Å². The predicted octanol–water partition coefficient (Wildman–Crippen LogP) is 0.900. The zero-order chi connectivity index (χ0) is 12.1. The van der Waals surface area contributed by atoms with Crippen LogP contribution in [0.25, 0.3) is 0 Å². The highest BCUT2D eigenvalue weighted by Gasteiger charge is 2.32. The minimum Gasteiger partial charge on any atom is -0.481 e. The third-order valence-corrected chi connectivity index (χ3v) is 2.22. The zero-order valence-corrected chi connectivity index (χ0v) is 8.66. The van der Waals surface area contributed by atoms with E-state index in [1.165, 1.54) is 4.90 Å². The fourth-order valence-electron chi connectivity index (χ4n) is 1.32. The Bertz CT molecular complexity index is 269. The molecule has 0 atom stereocenters. The Balaban J connectivity index is 2.36. The molecule has 0 spiro atoms. The molecule has 1 rings (SSSR count). The first-order valence-corrected chi connectivity index (χ1v) is 5.05. The highest BCUT2D eigenvalue weighted by molar-refractivity contribution is 5.76. The van der Waals surface area contributed by atoms with Gasteiger partial charge in [0.1, 0.15) is 0 Å². The summed E-state index contributed by atoms with van der Waals surface area (Å²) in [6, 6.07) is -0.596. The highest BCUT2D eigenvalue weighted by atomic mass is 19.3. The van der Waals surface area contributed by atoms with Crippen molar-refractivity contribution in [2.75, 3.05) is 13.1 Å². The molecule has 0 aromatic carbocycles. The van der Waals surface area contributed by atoms with Crippen molar-refractivity contribution in [2.24, 2.45) is 0 Å². The first-order chi connectivity index (χ1) is 7.50. The summed E-state index contributed by atoms with van der Waals surface area (Å²) >= 11 is 0. The number of halogens is 2. The van der Waals surface area contributed by atoms with Gasteiger partial charge in [-0.15, -0.1) is 0 Å². The summed E-state index contributed by atoms with van der Waals surface area (Å²) in [7, 11) is 0. The van der Waals surface area contributed by atoms with Gasteiger partial charge in [-0.1, -0.05) is 0 Å². The molecule has 0 heterocycles. The van der Waals surface area contributed by atoms with E-state index in [-0.39, 0.29) is 19.0 Å². The largest absolute Gasteiger partial charge is 0.481 e. The molecule has 1 fully saturated rings. The SMILES string of the molecule is O=C(O)CCN(C(=O)NCC(F)F)C1CC1. The average Bonchev–Trinajstić information content (AvgIpc) is 2.98. The van der Waals surface area contributed by atoms with Crippen LogP contribution < -0.4 is 5.32 Å². The normalized spacial score (nSPS) is 14.9. The molecule has 1 aliphatic rings. The topological polar surface area (TPSA) is 69.6 Å². The number of alkyl halides is 2. The van der Waals surface area contributed by atoms with Crippen molar-refractivity contribution in [3.05, 3.63) is 0 Å². The maximum atomic E-state index is 11.9. The number of hydrogen-bond acceptors (Lipinski definition) is 2. The molecule has 1 aliphatic carbocycles. The van der Waals surface area contributed by atoms with Crippen LogP contribution in [0.5, 0.6) is 0 Å². The molecule has 5 nitrogen and oxygen atoms in total. The summed E-state index contributed by atoms with van der Waals surface area (Å²) in [4.78, 5) is 23.1. The molecule has 0 bridgehead atoms. The molecule has 2 N–H and O–H groups in total. The van der Waals surface area contributed by atoms with E-state index in [4.69, 9.17) is 5.11 Å². The van der Waals surface area contributed by atoms with E-state index in [0.29, 0.717) is 0 Å². The van der Waals surface area contributed by atoms with E-state index in [1.807, 2.05) is 0 Å². The number of amides is 2. The Labute approximate surface area is 91.4 Å². The van der Waals surface area contributed by atoms with E-state index in [1.54, 1.807) is 0 Å². The lowest BCUT2D eigenvalue weighted by Gasteiger charge is -2.21. The Morgan fingerprint density at radius 2 is 2.06 bits per heavy atom. The van der Waals surface area contributed by atoms with E-state index >= 15 is 0 Å². The molecule has 92 valence electrons. The number of nitrogens with one attached hydrogen (secondary N) is 1. The third kappa shape index (κ3) is 4.41. The van der Waals surface area contributed by atoms with Gasteiger partial charge in [0.2, 0.25) is 0 Å². The highest BCUT2D eigenvalue weighted by Crippen LogP contribution is 2.26. The van der Waals surface area contributed by atoms with Gasteiger partial charge in [0.25, 0.3) is 6.43 Å². The average molecular weight is 236 g/mol. The maximum absolute atomic E-state index is 11.9. The van der Waals surface area contributed by atoms with Crippen molar-refractivity contribution in [3.8, 4) is 0 Å². The number of hydrogen-bond donors (Lipinski definition) is 2. The number of urea groups is 1. The molecule has 0 aromatic rings. The van der Waals surface area contributed by atoms with Crippen molar-refractivity contribution in [2.45, 2.75) is 31.7 Å². The molecule has 0 radical (unpaired) electrons. The molecule has 0 aliphatic heterocycles. The summed E-state index contributed by atoms with van der Waals surface area (Å²) in [5, 5.41) is 10.6. The van der Waals surface area contributed by atoms with Crippen molar-refractivity contribution in [1.29, 1.82) is 0 Å². The van der Waals surface area contributed by atoms with Crippen LogP contribution in [0, 0.1) is 0 Å². The molecule has 0 saturated heterocycles. The standard InChI is InChI=1S/C9H14F2N2O3/c10-7(11)5-12-9(16)13(6-1-2-6)4-3-8(14)15/h6-7H,1-5H2,(H,12,16)(H,14,15). The number of aliphatic carboxylic acids is 1. The Morgan fingerprint density at radius 3 is 2.50 bits per heavy atom. The van der Waals surface area contributed by atoms with Gasteiger partial charge in [-0.05, 0) is 12.8 Å². The summed E-state index contributed by atoms with van der Waals surface area (Å²) in [5.74, 6) is -1.01. The molecule has 2 amide bonds. The van der Waals surface area contributed by atoms with Crippen molar-refractivity contribution < 1.29 is 23.5 Å². The van der Waals surface area contributed by atoms with Crippen LogP contribution in [0.3, 0.4) is 0 Å². The Morgan fingerprint density at radius 1 is 1.44 bits per heavy atom. The van der Waals surface area contributed by atoms with Crippen molar-refractivity contribution in [1.82, 2.24) is 10.2 Å². The quantitative estimate of drug-likeness (QED) is 0.719. The van der Waals surface area contributed by atoms with Crippen LogP contribution >= 0.6 is 0 Å². The Kier molecular flexibility index (Phi) is 4.45. The number of carboxylic acid groups (broad SMARTS) is 1. The predicted molar refractivity (Wildman–Crippen MR) is 51.4 cm³/mol. The van der Waals surface area contributed by atoms with Gasteiger partial charge in [-0.3, -0.25) is 4.79 Å². The minimum absolute atomic E-state index is 0.0111. The molecule has 1 saturated carbocycles. The fourth-order valence-corrected chi connectivity index (χ4v) is 1.32. The molecule has 16 heavy (non-hydrogen) atoms. The lowest BCUT2D eigenvalue weighted by Crippen LogP contribution is -2.43. The second-order valence-electron chi connectivity index (χ2n) is 3.65. The van der Waals surface area contributed by atoms with Crippen LogP contribution in [-0.2, 0) is 4.79 Å². The van der Waals surface area contributed by atoms with Gasteiger partial charge < -0.3 is 15.3 Å². The lowest BCUT2D eigenvalue weighted by molar-refractivity contribution is -0.137. The summed E-state index contributed by atoms with van der Waals surface area (Å²) in [6.07, 6.45) is -1.15. The number of carbonyl (C=O) groups is 2. The van der Waals surface area contributed by atoms with Crippen molar-refractivity contribution in [3.63, 3.8) is 0 Å². The Hall–Kier alpha value is -1.40. The first kappa shape index (κ1) is 12.7. The third-order valence-electron chi connectivity index (χ3n) is 2.22. The van der Waals surface area contributed by atoms with Crippen molar-refractivity contribution >= 4 is 12.0 Å². The van der Waals surface area contributed by atoms with Gasteiger partial charge in [-0.2, -0.15) is 0 Å². The lowest BCUT2D eigenvalue weighted by atomic mass is 10.4. The maximum Gasteiger partial charge on any atom is 0.317 e. The zero-order valence-electron chi connectivity index (χ0n) is 8.66. The monoisotopic (exact) mass is 236 g/mol. The van der Waals surface area contributed by atoms with Gasteiger partial charge in [0.05, 0.1) is 13.0 Å². The summed E-state index contributed by atoms with van der Waals surface area (Å²) < 4.78 is 23.7. The van der Waals surface area contributed by atoms with E-state index in [0.717, 1.165) is 12.8 Å². The molecule has 0 aromatic heterocycles.